The average molecular weight is 475 g/mol. The maximum absolute atomic E-state index is 13.3. The number of fused-ring (bicyclic) bond motifs is 2. The van der Waals surface area contributed by atoms with Gasteiger partial charge in [-0.25, -0.2) is 4.79 Å². The van der Waals surface area contributed by atoms with Gasteiger partial charge in [-0.3, -0.25) is 0 Å². The van der Waals surface area contributed by atoms with E-state index in [4.69, 9.17) is 28.4 Å². The minimum atomic E-state index is -0.724. The lowest BCUT2D eigenvalue weighted by atomic mass is 9.85. The van der Waals surface area contributed by atoms with Gasteiger partial charge in [0.25, 0.3) is 0 Å². The van der Waals surface area contributed by atoms with E-state index < -0.39 is 12.1 Å². The first-order valence-electron chi connectivity index (χ1n) is 11.3. The molecule has 0 radical (unpaired) electrons. The van der Waals surface area contributed by atoms with Crippen molar-refractivity contribution in [1.82, 2.24) is 0 Å². The fourth-order valence-corrected chi connectivity index (χ4v) is 4.31. The van der Waals surface area contributed by atoms with Crippen molar-refractivity contribution in [2.75, 3.05) is 21.0 Å². The van der Waals surface area contributed by atoms with Crippen LogP contribution in [0, 0.1) is 0 Å². The molecule has 0 saturated carbocycles. The number of rotatable bonds is 6. The number of methoxy groups -OCH3 is 2. The molecule has 2 aliphatic rings. The van der Waals surface area contributed by atoms with Crippen LogP contribution in [0.4, 0.5) is 0 Å². The molecular formula is C28H26O7. The lowest BCUT2D eigenvalue weighted by molar-refractivity contribution is -0.137. The summed E-state index contributed by atoms with van der Waals surface area (Å²) in [5, 5.41) is 0. The maximum Gasteiger partial charge on any atom is 0.338 e. The fourth-order valence-electron chi connectivity index (χ4n) is 4.31. The van der Waals surface area contributed by atoms with E-state index in [2.05, 4.69) is 0 Å². The number of esters is 1. The summed E-state index contributed by atoms with van der Waals surface area (Å²) < 4.78 is 34.0. The number of hydrogen-bond donors (Lipinski definition) is 0. The number of benzene rings is 3. The van der Waals surface area contributed by atoms with Crippen LogP contribution in [0.3, 0.4) is 0 Å². The first-order valence-corrected chi connectivity index (χ1v) is 11.3. The minimum absolute atomic E-state index is 0.00701. The molecule has 0 aromatic heterocycles. The molecule has 7 heteroatoms. The van der Waals surface area contributed by atoms with E-state index in [1.54, 1.807) is 7.11 Å². The molecule has 0 bridgehead atoms. The van der Waals surface area contributed by atoms with E-state index in [0.29, 0.717) is 39.9 Å². The standard InChI is InChI=1S/C28H26O7/c1-16(2)34-20-10-12-22-21(14-20)25(17-5-8-19(30-3)9-6-17)26(28(29)31-4)27(35-22)18-7-11-23-24(13-18)33-15-32-23/h5-14,16,27H,15H2,1-4H3/t27-/m0/s1. The van der Waals surface area contributed by atoms with Crippen molar-refractivity contribution in [3.63, 3.8) is 0 Å². The highest BCUT2D eigenvalue weighted by Gasteiger charge is 2.36. The van der Waals surface area contributed by atoms with Gasteiger partial charge in [-0.1, -0.05) is 18.2 Å². The Morgan fingerprint density at radius 2 is 1.60 bits per heavy atom. The zero-order valence-electron chi connectivity index (χ0n) is 20.0. The minimum Gasteiger partial charge on any atom is -0.497 e. The molecule has 7 nitrogen and oxygen atoms in total. The highest BCUT2D eigenvalue weighted by molar-refractivity contribution is 6.04. The number of ether oxygens (including phenoxy) is 6. The van der Waals surface area contributed by atoms with Crippen LogP contribution < -0.4 is 23.7 Å². The van der Waals surface area contributed by atoms with Crippen molar-refractivity contribution in [1.29, 1.82) is 0 Å². The van der Waals surface area contributed by atoms with Crippen LogP contribution in [0.15, 0.2) is 66.2 Å². The van der Waals surface area contributed by atoms with E-state index in [1.165, 1.54) is 7.11 Å². The predicted octanol–water partition coefficient (Wildman–Crippen LogP) is 5.32. The molecule has 2 heterocycles. The van der Waals surface area contributed by atoms with Crippen LogP contribution in [-0.4, -0.2) is 33.1 Å². The molecular weight excluding hydrogens is 448 g/mol. The van der Waals surface area contributed by atoms with Crippen LogP contribution in [0.1, 0.15) is 36.6 Å². The summed E-state index contributed by atoms with van der Waals surface area (Å²) in [4.78, 5) is 13.3. The summed E-state index contributed by atoms with van der Waals surface area (Å²) >= 11 is 0. The fraction of sp³-hybridized carbons (Fsp3) is 0.250. The largest absolute Gasteiger partial charge is 0.497 e. The monoisotopic (exact) mass is 474 g/mol. The van der Waals surface area contributed by atoms with Gasteiger partial charge in [-0.15, -0.1) is 0 Å². The molecule has 35 heavy (non-hydrogen) atoms. The Hall–Kier alpha value is -4.13. The Labute approximate surface area is 203 Å². The first kappa shape index (κ1) is 22.7. The van der Waals surface area contributed by atoms with Gasteiger partial charge >= 0.3 is 5.97 Å². The topological polar surface area (TPSA) is 72.5 Å². The van der Waals surface area contributed by atoms with Crippen molar-refractivity contribution in [3.05, 3.63) is 82.9 Å². The summed E-state index contributed by atoms with van der Waals surface area (Å²) in [5.41, 5.74) is 3.39. The molecule has 0 N–H and O–H groups in total. The molecule has 0 unspecified atom stereocenters. The van der Waals surface area contributed by atoms with Crippen molar-refractivity contribution in [2.45, 2.75) is 26.1 Å². The Kier molecular flexibility index (Phi) is 5.99. The molecule has 2 aliphatic heterocycles. The van der Waals surface area contributed by atoms with Crippen molar-refractivity contribution in [2.24, 2.45) is 0 Å². The molecule has 0 saturated heterocycles. The van der Waals surface area contributed by atoms with Crippen LogP contribution in [-0.2, 0) is 9.53 Å². The smallest absolute Gasteiger partial charge is 0.338 e. The zero-order valence-corrected chi connectivity index (χ0v) is 20.0. The average Bonchev–Trinajstić information content (AvgIpc) is 3.35. The Balaban J connectivity index is 1.74. The Morgan fingerprint density at radius 3 is 2.31 bits per heavy atom. The molecule has 3 aromatic carbocycles. The van der Waals surface area contributed by atoms with Gasteiger partial charge in [-0.05, 0) is 61.9 Å². The summed E-state index contributed by atoms with van der Waals surface area (Å²) in [7, 11) is 2.98. The number of carbonyl (C=O) groups excluding carboxylic acids is 1. The van der Waals surface area contributed by atoms with Gasteiger partial charge in [0.15, 0.2) is 17.6 Å². The highest BCUT2D eigenvalue weighted by Crippen LogP contribution is 2.48. The summed E-state index contributed by atoms with van der Waals surface area (Å²) in [6, 6.07) is 18.7. The van der Waals surface area contributed by atoms with Gasteiger partial charge < -0.3 is 28.4 Å². The van der Waals surface area contributed by atoms with Crippen LogP contribution in [0.2, 0.25) is 0 Å². The number of carbonyl (C=O) groups is 1. The Morgan fingerprint density at radius 1 is 0.886 bits per heavy atom. The van der Waals surface area contributed by atoms with Gasteiger partial charge in [0.1, 0.15) is 17.2 Å². The molecule has 5 rings (SSSR count). The normalized spacial score (nSPS) is 16.0. The summed E-state index contributed by atoms with van der Waals surface area (Å²) in [5.74, 6) is 2.79. The van der Waals surface area contributed by atoms with Crippen LogP contribution in [0.25, 0.3) is 5.57 Å². The third-order valence-electron chi connectivity index (χ3n) is 5.85. The molecule has 180 valence electrons. The van der Waals surface area contributed by atoms with Gasteiger partial charge in [0, 0.05) is 16.7 Å². The second-order valence-electron chi connectivity index (χ2n) is 8.44. The highest BCUT2D eigenvalue weighted by atomic mass is 16.7. The SMILES string of the molecule is COC(=O)C1=C(c2ccc(OC)cc2)c2cc(OC(C)C)ccc2O[C@H]1c1ccc2c(c1)OCO2. The van der Waals surface area contributed by atoms with E-state index in [9.17, 15) is 4.79 Å². The van der Waals surface area contributed by atoms with E-state index in [0.717, 1.165) is 16.7 Å². The third-order valence-corrected chi connectivity index (χ3v) is 5.85. The van der Waals surface area contributed by atoms with E-state index in [1.807, 2.05) is 74.5 Å². The molecule has 0 aliphatic carbocycles. The Bertz CT molecular complexity index is 1290. The molecule has 0 spiro atoms. The maximum atomic E-state index is 13.3. The molecule has 0 amide bonds. The van der Waals surface area contributed by atoms with Gasteiger partial charge in [-0.2, -0.15) is 0 Å². The van der Waals surface area contributed by atoms with Crippen molar-refractivity contribution in [3.8, 4) is 28.7 Å². The summed E-state index contributed by atoms with van der Waals surface area (Å²) in [6.07, 6.45) is -0.731. The van der Waals surface area contributed by atoms with Gasteiger partial charge in [0.05, 0.1) is 25.9 Å². The van der Waals surface area contributed by atoms with E-state index in [-0.39, 0.29) is 12.9 Å². The molecule has 1 atom stereocenters. The number of hydrogen-bond acceptors (Lipinski definition) is 7. The van der Waals surface area contributed by atoms with E-state index >= 15 is 0 Å². The zero-order chi connectivity index (χ0) is 24.5. The third kappa shape index (κ3) is 4.25. The second kappa shape index (κ2) is 9.25. The van der Waals surface area contributed by atoms with Crippen molar-refractivity contribution < 1.29 is 33.2 Å². The van der Waals surface area contributed by atoms with Crippen molar-refractivity contribution >= 4 is 11.5 Å². The van der Waals surface area contributed by atoms with Crippen LogP contribution >= 0.6 is 0 Å². The van der Waals surface area contributed by atoms with Gasteiger partial charge in [0.2, 0.25) is 6.79 Å². The predicted molar refractivity (Wildman–Crippen MR) is 129 cm³/mol. The molecule has 3 aromatic rings. The lowest BCUT2D eigenvalue weighted by Gasteiger charge is -2.31. The lowest BCUT2D eigenvalue weighted by Crippen LogP contribution is -2.24. The van der Waals surface area contributed by atoms with Crippen LogP contribution in [0.5, 0.6) is 28.7 Å². The first-order chi connectivity index (χ1) is 17.0. The molecule has 0 fully saturated rings. The second-order valence-corrected chi connectivity index (χ2v) is 8.44. The quantitative estimate of drug-likeness (QED) is 0.448. The summed E-state index contributed by atoms with van der Waals surface area (Å²) in [6.45, 7) is 4.08.